The van der Waals surface area contributed by atoms with Gasteiger partial charge in [0, 0.05) is 19.2 Å². The first kappa shape index (κ1) is 8.52. The molecule has 1 aliphatic heterocycles. The summed E-state index contributed by atoms with van der Waals surface area (Å²) >= 11 is 0. The number of nitrogens with one attached hydrogen (secondary N) is 1. The summed E-state index contributed by atoms with van der Waals surface area (Å²) in [4.78, 5) is 0. The Bertz CT molecular complexity index is 137. The molecule has 2 heteroatoms. The predicted octanol–water partition coefficient (Wildman–Crippen LogP) is 1.55. The van der Waals surface area contributed by atoms with Crippen LogP contribution in [0.5, 0.6) is 0 Å². The first-order valence-corrected chi connectivity index (χ1v) is 5.21. The fourth-order valence-corrected chi connectivity index (χ4v) is 1.89. The van der Waals surface area contributed by atoms with Gasteiger partial charge < -0.3 is 10.1 Å². The average molecular weight is 169 g/mol. The summed E-state index contributed by atoms with van der Waals surface area (Å²) < 4.78 is 5.54. The predicted molar refractivity (Wildman–Crippen MR) is 49.2 cm³/mol. The van der Waals surface area contributed by atoms with Gasteiger partial charge in [0.05, 0.1) is 6.10 Å². The van der Waals surface area contributed by atoms with Crippen LogP contribution in [0.3, 0.4) is 0 Å². The molecule has 0 aromatic heterocycles. The van der Waals surface area contributed by atoms with Crippen LogP contribution in [0.15, 0.2) is 0 Å². The van der Waals surface area contributed by atoms with E-state index in [1.165, 1.54) is 25.7 Å². The van der Waals surface area contributed by atoms with Crippen LogP contribution in [0, 0.1) is 5.92 Å². The summed E-state index contributed by atoms with van der Waals surface area (Å²) in [6.07, 6.45) is 5.87. The van der Waals surface area contributed by atoms with Gasteiger partial charge in [-0.2, -0.15) is 0 Å². The maximum Gasteiger partial charge on any atom is 0.0700 e. The third-order valence-corrected chi connectivity index (χ3v) is 3.02. The first-order chi connectivity index (χ1) is 5.86. The second kappa shape index (κ2) is 3.75. The van der Waals surface area contributed by atoms with Crippen molar-refractivity contribution in [3.8, 4) is 0 Å². The van der Waals surface area contributed by atoms with Crippen molar-refractivity contribution in [3.63, 3.8) is 0 Å². The molecule has 2 fully saturated rings. The summed E-state index contributed by atoms with van der Waals surface area (Å²) in [5, 5.41) is 3.56. The molecular weight excluding hydrogens is 150 g/mol. The molecule has 2 aliphatic rings. The lowest BCUT2D eigenvalue weighted by Gasteiger charge is -2.15. The Balaban J connectivity index is 1.60. The zero-order valence-electron chi connectivity index (χ0n) is 7.88. The standard InChI is InChI=1S/C10H19NO/c1-8(9-4-5-9)11-7-10-3-2-6-12-10/h8-11H,2-7H2,1H3/t8-,10-/m0/s1. The third kappa shape index (κ3) is 2.20. The molecule has 12 heavy (non-hydrogen) atoms. The summed E-state index contributed by atoms with van der Waals surface area (Å²) in [6.45, 7) is 4.34. The smallest absolute Gasteiger partial charge is 0.0700 e. The van der Waals surface area contributed by atoms with Gasteiger partial charge in [0.25, 0.3) is 0 Å². The fourth-order valence-electron chi connectivity index (χ4n) is 1.89. The van der Waals surface area contributed by atoms with Crippen LogP contribution in [0.4, 0.5) is 0 Å². The minimum absolute atomic E-state index is 0.506. The lowest BCUT2D eigenvalue weighted by Crippen LogP contribution is -2.34. The van der Waals surface area contributed by atoms with Crippen molar-refractivity contribution in [2.75, 3.05) is 13.2 Å². The van der Waals surface area contributed by atoms with Crippen LogP contribution in [-0.4, -0.2) is 25.3 Å². The Kier molecular flexibility index (Phi) is 2.66. The molecule has 0 radical (unpaired) electrons. The van der Waals surface area contributed by atoms with Crippen LogP contribution in [0.1, 0.15) is 32.6 Å². The van der Waals surface area contributed by atoms with E-state index in [0.29, 0.717) is 12.1 Å². The maximum atomic E-state index is 5.54. The van der Waals surface area contributed by atoms with Crippen molar-refractivity contribution in [3.05, 3.63) is 0 Å². The molecule has 0 aromatic rings. The molecule has 2 atom stereocenters. The quantitative estimate of drug-likeness (QED) is 0.689. The van der Waals surface area contributed by atoms with Crippen molar-refractivity contribution in [2.45, 2.75) is 44.8 Å². The first-order valence-electron chi connectivity index (χ1n) is 5.21. The monoisotopic (exact) mass is 169 g/mol. The summed E-state index contributed by atoms with van der Waals surface area (Å²) in [6, 6.07) is 0.717. The lowest BCUT2D eigenvalue weighted by atomic mass is 10.2. The number of hydrogen-bond donors (Lipinski definition) is 1. The number of ether oxygens (including phenoxy) is 1. The van der Waals surface area contributed by atoms with Crippen molar-refractivity contribution < 1.29 is 4.74 Å². The molecule has 2 nitrogen and oxygen atoms in total. The van der Waals surface area contributed by atoms with Crippen LogP contribution < -0.4 is 5.32 Å². The largest absolute Gasteiger partial charge is 0.377 e. The number of rotatable bonds is 4. The second-order valence-electron chi connectivity index (χ2n) is 4.17. The van der Waals surface area contributed by atoms with Crippen LogP contribution in [0.25, 0.3) is 0 Å². The van der Waals surface area contributed by atoms with Crippen LogP contribution in [-0.2, 0) is 4.74 Å². The van der Waals surface area contributed by atoms with Gasteiger partial charge in [-0.05, 0) is 38.5 Å². The topological polar surface area (TPSA) is 21.3 Å². The second-order valence-corrected chi connectivity index (χ2v) is 4.17. The van der Waals surface area contributed by atoms with Gasteiger partial charge in [0.15, 0.2) is 0 Å². The zero-order chi connectivity index (χ0) is 8.39. The van der Waals surface area contributed by atoms with Gasteiger partial charge >= 0.3 is 0 Å². The molecule has 1 aliphatic carbocycles. The minimum Gasteiger partial charge on any atom is -0.377 e. The number of hydrogen-bond acceptors (Lipinski definition) is 2. The van der Waals surface area contributed by atoms with E-state index in [1.807, 2.05) is 0 Å². The van der Waals surface area contributed by atoms with Gasteiger partial charge in [0.1, 0.15) is 0 Å². The molecule has 1 heterocycles. The molecule has 1 N–H and O–H groups in total. The molecule has 2 rings (SSSR count). The van der Waals surface area contributed by atoms with Gasteiger partial charge in [-0.1, -0.05) is 0 Å². The van der Waals surface area contributed by atoms with Gasteiger partial charge in [-0.3, -0.25) is 0 Å². The van der Waals surface area contributed by atoms with E-state index in [9.17, 15) is 0 Å². The molecule has 0 bridgehead atoms. The van der Waals surface area contributed by atoms with E-state index in [2.05, 4.69) is 12.2 Å². The highest BCUT2D eigenvalue weighted by molar-refractivity contribution is 4.84. The fraction of sp³-hybridized carbons (Fsp3) is 1.00. The SMILES string of the molecule is C[C@H](NC[C@@H]1CCCO1)C1CC1. The maximum absolute atomic E-state index is 5.54. The normalized spacial score (nSPS) is 32.2. The van der Waals surface area contributed by atoms with Gasteiger partial charge in [-0.15, -0.1) is 0 Å². The van der Waals surface area contributed by atoms with Crippen molar-refractivity contribution >= 4 is 0 Å². The Morgan fingerprint density at radius 2 is 2.25 bits per heavy atom. The third-order valence-electron chi connectivity index (χ3n) is 3.02. The summed E-state index contributed by atoms with van der Waals surface area (Å²) in [7, 11) is 0. The summed E-state index contributed by atoms with van der Waals surface area (Å²) in [5.41, 5.74) is 0. The van der Waals surface area contributed by atoms with Crippen molar-refractivity contribution in [1.29, 1.82) is 0 Å². The highest BCUT2D eigenvalue weighted by Crippen LogP contribution is 2.32. The van der Waals surface area contributed by atoms with E-state index in [0.717, 1.165) is 19.1 Å². The zero-order valence-corrected chi connectivity index (χ0v) is 7.88. The average Bonchev–Trinajstić information content (AvgIpc) is 2.80. The Morgan fingerprint density at radius 3 is 2.83 bits per heavy atom. The van der Waals surface area contributed by atoms with Crippen LogP contribution >= 0.6 is 0 Å². The Labute approximate surface area is 74.7 Å². The van der Waals surface area contributed by atoms with E-state index in [1.54, 1.807) is 0 Å². The van der Waals surface area contributed by atoms with E-state index in [4.69, 9.17) is 4.74 Å². The summed E-state index contributed by atoms with van der Waals surface area (Å²) in [5.74, 6) is 0.964. The van der Waals surface area contributed by atoms with Crippen molar-refractivity contribution in [1.82, 2.24) is 5.32 Å². The van der Waals surface area contributed by atoms with Crippen LogP contribution in [0.2, 0.25) is 0 Å². The van der Waals surface area contributed by atoms with E-state index >= 15 is 0 Å². The Morgan fingerprint density at radius 1 is 1.42 bits per heavy atom. The van der Waals surface area contributed by atoms with Gasteiger partial charge in [0.2, 0.25) is 0 Å². The molecule has 0 spiro atoms. The molecule has 1 saturated carbocycles. The molecule has 0 aromatic carbocycles. The van der Waals surface area contributed by atoms with E-state index < -0.39 is 0 Å². The van der Waals surface area contributed by atoms with E-state index in [-0.39, 0.29) is 0 Å². The van der Waals surface area contributed by atoms with Crippen molar-refractivity contribution in [2.24, 2.45) is 5.92 Å². The molecule has 70 valence electrons. The molecule has 0 unspecified atom stereocenters. The Hall–Kier alpha value is -0.0800. The lowest BCUT2D eigenvalue weighted by molar-refractivity contribution is 0.107. The molecule has 0 amide bonds. The highest BCUT2D eigenvalue weighted by Gasteiger charge is 2.28. The highest BCUT2D eigenvalue weighted by atomic mass is 16.5. The molecule has 1 saturated heterocycles. The molecular formula is C10H19NO. The minimum atomic E-state index is 0.506. The van der Waals surface area contributed by atoms with Gasteiger partial charge in [-0.25, -0.2) is 0 Å².